The van der Waals surface area contributed by atoms with E-state index in [9.17, 15) is 32.3 Å². The van der Waals surface area contributed by atoms with Crippen LogP contribution in [0, 0.1) is 0 Å². The second-order valence-corrected chi connectivity index (χ2v) is 7.31. The van der Waals surface area contributed by atoms with Gasteiger partial charge < -0.3 is 15.0 Å². The number of likely N-dealkylation sites (N-methyl/N-ethyl adjacent to an activating group) is 1. The summed E-state index contributed by atoms with van der Waals surface area (Å²) < 4.78 is 42.7. The van der Waals surface area contributed by atoms with Crippen molar-refractivity contribution in [2.75, 3.05) is 18.9 Å². The quantitative estimate of drug-likeness (QED) is 0.561. The lowest BCUT2D eigenvalue weighted by molar-refractivity contribution is -0.274. The fourth-order valence-electron chi connectivity index (χ4n) is 3.30. The molecule has 0 aliphatic rings. The molecule has 0 fully saturated rings. The summed E-state index contributed by atoms with van der Waals surface area (Å²) in [5.41, 5.74) is -0.586. The predicted octanol–water partition coefficient (Wildman–Crippen LogP) is 2.18. The smallest absolute Gasteiger partial charge is 0.406 e. The Balaban J connectivity index is 1.70. The molecule has 0 bridgehead atoms. The van der Waals surface area contributed by atoms with Gasteiger partial charge in [0.1, 0.15) is 12.3 Å². The minimum atomic E-state index is -4.83. The molecule has 1 N–H and O–H groups in total. The molecule has 12 heteroatoms. The molecule has 0 aliphatic carbocycles. The van der Waals surface area contributed by atoms with Gasteiger partial charge in [0.2, 0.25) is 11.8 Å². The van der Waals surface area contributed by atoms with Gasteiger partial charge in [0.15, 0.2) is 0 Å². The molecule has 34 heavy (non-hydrogen) atoms. The predicted molar refractivity (Wildman–Crippen MR) is 118 cm³/mol. The van der Waals surface area contributed by atoms with Gasteiger partial charge >= 0.3 is 12.1 Å². The number of para-hydroxylation sites is 1. The van der Waals surface area contributed by atoms with Gasteiger partial charge in [0.05, 0.1) is 17.4 Å². The molecule has 180 valence electrons. The van der Waals surface area contributed by atoms with Crippen molar-refractivity contribution in [3.63, 3.8) is 0 Å². The number of hydrogen-bond acceptors (Lipinski definition) is 5. The van der Waals surface area contributed by atoms with Crippen LogP contribution in [0.5, 0.6) is 5.75 Å². The van der Waals surface area contributed by atoms with Gasteiger partial charge in [0, 0.05) is 19.3 Å². The van der Waals surface area contributed by atoms with Crippen LogP contribution in [0.3, 0.4) is 0 Å². The van der Waals surface area contributed by atoms with Crippen molar-refractivity contribution in [3.8, 4) is 5.75 Å². The van der Waals surface area contributed by atoms with Gasteiger partial charge in [-0.3, -0.25) is 23.5 Å². The Bertz CT molecular complexity index is 1330. The lowest BCUT2D eigenvalue weighted by atomic mass is 10.2. The number of aromatic nitrogens is 2. The lowest BCUT2D eigenvalue weighted by Crippen LogP contribution is -2.43. The van der Waals surface area contributed by atoms with Crippen molar-refractivity contribution in [3.05, 3.63) is 69.4 Å². The molecule has 0 spiro atoms. The van der Waals surface area contributed by atoms with E-state index in [1.165, 1.54) is 23.7 Å². The number of hydrogen-bond donors (Lipinski definition) is 1. The number of fused-ring (bicyclic) bond motifs is 1. The van der Waals surface area contributed by atoms with Gasteiger partial charge in [-0.05, 0) is 43.3 Å². The summed E-state index contributed by atoms with van der Waals surface area (Å²) in [6.07, 6.45) is -4.83. The van der Waals surface area contributed by atoms with Crippen molar-refractivity contribution in [2.45, 2.75) is 26.4 Å². The van der Waals surface area contributed by atoms with E-state index in [-0.39, 0.29) is 24.2 Å². The molecular formula is C22H21F3N4O5. The maximum Gasteiger partial charge on any atom is 0.573 e. The third kappa shape index (κ3) is 5.63. The molecule has 3 aromatic rings. The van der Waals surface area contributed by atoms with E-state index in [0.717, 1.165) is 21.6 Å². The molecule has 0 radical (unpaired) electrons. The van der Waals surface area contributed by atoms with Crippen LogP contribution < -0.4 is 21.3 Å². The Morgan fingerprint density at radius 2 is 1.68 bits per heavy atom. The van der Waals surface area contributed by atoms with Gasteiger partial charge in [0.25, 0.3) is 5.56 Å². The number of benzene rings is 2. The highest BCUT2D eigenvalue weighted by atomic mass is 19.4. The Labute approximate surface area is 191 Å². The van der Waals surface area contributed by atoms with Crippen molar-refractivity contribution in [1.29, 1.82) is 0 Å². The fraction of sp³-hybridized carbons (Fsp3) is 0.273. The van der Waals surface area contributed by atoms with E-state index in [1.54, 1.807) is 31.2 Å². The summed E-state index contributed by atoms with van der Waals surface area (Å²) in [6, 6.07) is 10.9. The molecule has 0 unspecified atom stereocenters. The zero-order chi connectivity index (χ0) is 25.0. The van der Waals surface area contributed by atoms with Crippen LogP contribution in [0.4, 0.5) is 18.9 Å². The average Bonchev–Trinajstić information content (AvgIpc) is 2.77. The van der Waals surface area contributed by atoms with Gasteiger partial charge in [-0.2, -0.15) is 0 Å². The number of rotatable bonds is 7. The lowest BCUT2D eigenvalue weighted by Gasteiger charge is -2.19. The van der Waals surface area contributed by atoms with Gasteiger partial charge in [-0.15, -0.1) is 13.2 Å². The molecule has 1 aromatic heterocycles. The van der Waals surface area contributed by atoms with Crippen molar-refractivity contribution >= 4 is 28.4 Å². The highest BCUT2D eigenvalue weighted by Crippen LogP contribution is 2.23. The zero-order valence-corrected chi connectivity index (χ0v) is 18.3. The summed E-state index contributed by atoms with van der Waals surface area (Å²) in [5.74, 6) is -1.60. The van der Waals surface area contributed by atoms with Gasteiger partial charge in [-0.25, -0.2) is 4.79 Å². The third-order valence-corrected chi connectivity index (χ3v) is 4.92. The summed E-state index contributed by atoms with van der Waals surface area (Å²) in [6.45, 7) is 0.996. The van der Waals surface area contributed by atoms with Crippen molar-refractivity contribution in [2.24, 2.45) is 0 Å². The summed E-state index contributed by atoms with van der Waals surface area (Å²) in [5, 5.41) is 2.75. The van der Waals surface area contributed by atoms with Crippen LogP contribution in [0.15, 0.2) is 58.1 Å². The molecular weight excluding hydrogens is 457 g/mol. The summed E-state index contributed by atoms with van der Waals surface area (Å²) >= 11 is 0. The first-order chi connectivity index (χ1) is 16.0. The van der Waals surface area contributed by atoms with Crippen molar-refractivity contribution in [1.82, 2.24) is 14.0 Å². The minimum absolute atomic E-state index is 0.127. The Morgan fingerprint density at radius 3 is 2.29 bits per heavy atom. The Hall–Kier alpha value is -4.09. The number of carbonyl (C=O) groups excluding carboxylic acids is 2. The SMILES string of the molecule is CCn1c(=O)c2ccccc2n(CC(=O)N(C)CC(=O)Nc2ccc(OC(F)(F)F)cc2)c1=O. The highest BCUT2D eigenvalue weighted by Gasteiger charge is 2.31. The third-order valence-electron chi connectivity index (χ3n) is 4.92. The molecule has 3 rings (SSSR count). The standard InChI is InChI=1S/C22H21F3N4O5/c1-3-28-20(32)16-6-4-5-7-17(16)29(21(28)33)13-19(31)27(2)12-18(30)26-14-8-10-15(11-9-14)34-22(23,24)25/h4-11H,3,12-13H2,1-2H3,(H,26,30). The van der Waals surface area contributed by atoms with Crippen LogP contribution in [0.25, 0.3) is 10.9 Å². The Morgan fingerprint density at radius 1 is 1.03 bits per heavy atom. The average molecular weight is 478 g/mol. The topological polar surface area (TPSA) is 103 Å². The second-order valence-electron chi connectivity index (χ2n) is 7.31. The number of ether oxygens (including phenoxy) is 1. The maximum atomic E-state index is 12.8. The zero-order valence-electron chi connectivity index (χ0n) is 18.3. The first-order valence-electron chi connectivity index (χ1n) is 10.1. The molecule has 0 saturated heterocycles. The molecule has 2 amide bonds. The molecule has 0 saturated carbocycles. The number of halogens is 3. The van der Waals surface area contributed by atoms with Crippen LogP contribution in [0.1, 0.15) is 6.92 Å². The van der Waals surface area contributed by atoms with E-state index in [2.05, 4.69) is 10.1 Å². The largest absolute Gasteiger partial charge is 0.573 e. The Kier molecular flexibility index (Phi) is 7.08. The number of alkyl halides is 3. The van der Waals surface area contributed by atoms with E-state index in [4.69, 9.17) is 0 Å². The normalized spacial score (nSPS) is 11.3. The molecule has 0 atom stereocenters. The molecule has 0 aliphatic heterocycles. The molecule has 2 aromatic carbocycles. The number of amides is 2. The fourth-order valence-corrected chi connectivity index (χ4v) is 3.30. The van der Waals surface area contributed by atoms with Crippen LogP contribution >= 0.6 is 0 Å². The van der Waals surface area contributed by atoms with Crippen LogP contribution in [-0.4, -0.2) is 45.8 Å². The first kappa shape index (κ1) is 24.6. The van der Waals surface area contributed by atoms with E-state index in [0.29, 0.717) is 5.52 Å². The molecule has 9 nitrogen and oxygen atoms in total. The number of nitrogens with zero attached hydrogens (tertiary/aromatic N) is 3. The second kappa shape index (κ2) is 9.81. The maximum absolute atomic E-state index is 12.8. The first-order valence-corrected chi connectivity index (χ1v) is 10.1. The summed E-state index contributed by atoms with van der Waals surface area (Å²) in [7, 11) is 1.37. The minimum Gasteiger partial charge on any atom is -0.406 e. The van der Waals surface area contributed by atoms with Crippen molar-refractivity contribution < 1.29 is 27.5 Å². The summed E-state index contributed by atoms with van der Waals surface area (Å²) in [4.78, 5) is 51.4. The number of anilines is 1. The van der Waals surface area contributed by atoms with E-state index >= 15 is 0 Å². The number of carbonyl (C=O) groups is 2. The van der Waals surface area contributed by atoms with Gasteiger partial charge in [-0.1, -0.05) is 12.1 Å². The van der Waals surface area contributed by atoms with Crippen LogP contribution in [-0.2, 0) is 22.7 Å². The van der Waals surface area contributed by atoms with E-state index < -0.39 is 41.7 Å². The monoisotopic (exact) mass is 478 g/mol. The molecule has 1 heterocycles. The van der Waals surface area contributed by atoms with E-state index in [1.807, 2.05) is 0 Å². The highest BCUT2D eigenvalue weighted by molar-refractivity contribution is 5.94. The van der Waals surface area contributed by atoms with Crippen LogP contribution in [0.2, 0.25) is 0 Å². The number of nitrogens with one attached hydrogen (secondary N) is 1.